The van der Waals surface area contributed by atoms with Crippen molar-refractivity contribution in [2.24, 2.45) is 0 Å². The Balaban J connectivity index is 2.80. The highest BCUT2D eigenvalue weighted by atomic mass is 32.2. The lowest BCUT2D eigenvalue weighted by Gasteiger charge is -2.27. The van der Waals surface area contributed by atoms with Crippen molar-refractivity contribution < 1.29 is 21.9 Å². The minimum Gasteiger partial charge on any atom is -0.395 e. The van der Waals surface area contributed by atoms with Crippen LogP contribution in [0, 0.1) is 0 Å². The smallest absolute Gasteiger partial charge is 0.215 e. The molecule has 0 bridgehead atoms. The summed E-state index contributed by atoms with van der Waals surface area (Å²) in [7, 11) is -6.90. The van der Waals surface area contributed by atoms with E-state index in [1.807, 2.05) is 0 Å². The largest absolute Gasteiger partial charge is 0.395 e. The molecule has 0 aliphatic carbocycles. The van der Waals surface area contributed by atoms with Crippen LogP contribution in [0.5, 0.6) is 0 Å². The standard InChI is InChI=1S/C10H21NO5S2/c1-17(13,14)7-8-18(15,16)11-6-4-2-3-5-10(11)9-12/h10,12H,2-9H2,1H3. The average molecular weight is 299 g/mol. The van der Waals surface area contributed by atoms with E-state index in [1.165, 1.54) is 4.31 Å². The number of hydrogen-bond acceptors (Lipinski definition) is 5. The van der Waals surface area contributed by atoms with Crippen LogP contribution in [0.2, 0.25) is 0 Å². The molecule has 0 spiro atoms. The molecule has 1 heterocycles. The summed E-state index contributed by atoms with van der Waals surface area (Å²) in [5, 5.41) is 9.25. The molecule has 0 saturated carbocycles. The van der Waals surface area contributed by atoms with Crippen molar-refractivity contribution in [1.29, 1.82) is 0 Å². The molecule has 1 aliphatic rings. The zero-order valence-corrected chi connectivity index (χ0v) is 12.2. The van der Waals surface area contributed by atoms with Crippen LogP contribution in [-0.4, -0.2) is 63.2 Å². The van der Waals surface area contributed by atoms with Crippen molar-refractivity contribution in [3.05, 3.63) is 0 Å². The number of sulfone groups is 1. The third-order valence-electron chi connectivity index (χ3n) is 3.10. The van der Waals surface area contributed by atoms with Crippen molar-refractivity contribution in [2.75, 3.05) is 30.9 Å². The van der Waals surface area contributed by atoms with Gasteiger partial charge in [0.1, 0.15) is 9.84 Å². The first-order valence-corrected chi connectivity index (χ1v) is 9.71. The highest BCUT2D eigenvalue weighted by Crippen LogP contribution is 2.20. The van der Waals surface area contributed by atoms with Gasteiger partial charge in [-0.25, -0.2) is 16.8 Å². The van der Waals surface area contributed by atoms with E-state index in [2.05, 4.69) is 0 Å². The van der Waals surface area contributed by atoms with Crippen LogP contribution < -0.4 is 0 Å². The third kappa shape index (κ3) is 4.83. The minimum absolute atomic E-state index is 0.210. The lowest BCUT2D eigenvalue weighted by molar-refractivity contribution is 0.186. The lowest BCUT2D eigenvalue weighted by Crippen LogP contribution is -2.44. The maximum atomic E-state index is 12.1. The highest BCUT2D eigenvalue weighted by Gasteiger charge is 2.31. The van der Waals surface area contributed by atoms with Crippen LogP contribution in [0.1, 0.15) is 25.7 Å². The zero-order chi connectivity index (χ0) is 13.8. The summed E-state index contributed by atoms with van der Waals surface area (Å²) < 4.78 is 47.6. The summed E-state index contributed by atoms with van der Waals surface area (Å²) >= 11 is 0. The number of sulfonamides is 1. The topological polar surface area (TPSA) is 91.8 Å². The van der Waals surface area contributed by atoms with E-state index in [0.717, 1.165) is 25.5 Å². The van der Waals surface area contributed by atoms with Gasteiger partial charge in [0, 0.05) is 18.8 Å². The minimum atomic E-state index is -3.61. The second-order valence-electron chi connectivity index (χ2n) is 4.74. The van der Waals surface area contributed by atoms with Gasteiger partial charge in [-0.15, -0.1) is 0 Å². The van der Waals surface area contributed by atoms with Crippen molar-refractivity contribution in [1.82, 2.24) is 4.31 Å². The molecule has 1 saturated heterocycles. The van der Waals surface area contributed by atoms with Gasteiger partial charge in [0.15, 0.2) is 0 Å². The van der Waals surface area contributed by atoms with E-state index in [0.29, 0.717) is 13.0 Å². The van der Waals surface area contributed by atoms with Crippen molar-refractivity contribution in [3.63, 3.8) is 0 Å². The molecule has 1 unspecified atom stereocenters. The summed E-state index contributed by atoms with van der Waals surface area (Å²) in [4.78, 5) is 0. The number of nitrogens with zero attached hydrogens (tertiary/aromatic N) is 1. The van der Waals surface area contributed by atoms with E-state index in [1.54, 1.807) is 0 Å². The van der Waals surface area contributed by atoms with Crippen molar-refractivity contribution >= 4 is 19.9 Å². The third-order valence-corrected chi connectivity index (χ3v) is 6.22. The molecule has 0 radical (unpaired) electrons. The Bertz CT molecular complexity index is 457. The molecule has 0 amide bonds. The molecular formula is C10H21NO5S2. The van der Waals surface area contributed by atoms with Crippen molar-refractivity contribution in [3.8, 4) is 0 Å². The molecule has 0 aromatic rings. The van der Waals surface area contributed by atoms with Gasteiger partial charge in [-0.3, -0.25) is 0 Å². The van der Waals surface area contributed by atoms with E-state index in [9.17, 15) is 21.9 Å². The summed E-state index contributed by atoms with van der Waals surface area (Å²) in [6, 6.07) is -0.405. The van der Waals surface area contributed by atoms with Crippen molar-refractivity contribution in [2.45, 2.75) is 31.7 Å². The molecule has 0 aromatic carbocycles. The quantitative estimate of drug-likeness (QED) is 0.745. The fraction of sp³-hybridized carbons (Fsp3) is 1.00. The maximum absolute atomic E-state index is 12.1. The SMILES string of the molecule is CS(=O)(=O)CCS(=O)(=O)N1CCCCCC1CO. The summed E-state index contributed by atoms with van der Waals surface area (Å²) in [6.07, 6.45) is 4.25. The van der Waals surface area contributed by atoms with Crippen LogP contribution in [-0.2, 0) is 19.9 Å². The van der Waals surface area contributed by atoms with Gasteiger partial charge in [-0.2, -0.15) is 4.31 Å². The Morgan fingerprint density at radius 2 is 1.78 bits per heavy atom. The van der Waals surface area contributed by atoms with E-state index < -0.39 is 31.7 Å². The molecule has 1 N–H and O–H groups in total. The molecule has 108 valence electrons. The number of rotatable bonds is 5. The van der Waals surface area contributed by atoms with Gasteiger partial charge in [-0.05, 0) is 12.8 Å². The molecular weight excluding hydrogens is 278 g/mol. The molecule has 1 rings (SSSR count). The lowest BCUT2D eigenvalue weighted by atomic mass is 10.1. The maximum Gasteiger partial charge on any atom is 0.215 e. The molecule has 0 aromatic heterocycles. The first kappa shape index (κ1) is 15.9. The fourth-order valence-corrected chi connectivity index (χ4v) is 5.40. The van der Waals surface area contributed by atoms with Crippen LogP contribution in [0.25, 0.3) is 0 Å². The van der Waals surface area contributed by atoms with Gasteiger partial charge >= 0.3 is 0 Å². The van der Waals surface area contributed by atoms with Crippen LogP contribution in [0.4, 0.5) is 0 Å². The summed E-state index contributed by atoms with van der Waals surface area (Å²) in [5.74, 6) is -0.772. The second-order valence-corrected chi connectivity index (χ2v) is 9.04. The molecule has 18 heavy (non-hydrogen) atoms. The van der Waals surface area contributed by atoms with Gasteiger partial charge in [-0.1, -0.05) is 12.8 Å². The monoisotopic (exact) mass is 299 g/mol. The van der Waals surface area contributed by atoms with Gasteiger partial charge in [0.2, 0.25) is 10.0 Å². The highest BCUT2D eigenvalue weighted by molar-refractivity contribution is 7.93. The van der Waals surface area contributed by atoms with Crippen LogP contribution in [0.3, 0.4) is 0 Å². The Kier molecular flexibility index (Phi) is 5.57. The van der Waals surface area contributed by atoms with Crippen LogP contribution in [0.15, 0.2) is 0 Å². The number of aliphatic hydroxyl groups excluding tert-OH is 1. The Hall–Kier alpha value is -0.180. The van der Waals surface area contributed by atoms with Gasteiger partial charge in [0.25, 0.3) is 0 Å². The predicted molar refractivity (Wildman–Crippen MR) is 69.5 cm³/mol. The molecule has 1 atom stereocenters. The van der Waals surface area contributed by atoms with Crippen LogP contribution >= 0.6 is 0 Å². The fourth-order valence-electron chi connectivity index (χ4n) is 2.07. The predicted octanol–water partition coefficient (Wildman–Crippen LogP) is -0.402. The van der Waals surface area contributed by atoms with Gasteiger partial charge in [0.05, 0.1) is 18.1 Å². The van der Waals surface area contributed by atoms with E-state index in [-0.39, 0.29) is 12.4 Å². The van der Waals surface area contributed by atoms with E-state index >= 15 is 0 Å². The Labute approximate surface area is 109 Å². The Morgan fingerprint density at radius 3 is 2.33 bits per heavy atom. The normalized spacial score (nSPS) is 23.8. The first-order chi connectivity index (χ1) is 8.26. The van der Waals surface area contributed by atoms with E-state index in [4.69, 9.17) is 0 Å². The molecule has 1 aliphatic heterocycles. The first-order valence-electron chi connectivity index (χ1n) is 6.04. The number of hydrogen-bond donors (Lipinski definition) is 1. The molecule has 8 heteroatoms. The molecule has 6 nitrogen and oxygen atoms in total. The summed E-state index contributed by atoms with van der Waals surface area (Å²) in [5.41, 5.74) is 0. The zero-order valence-electron chi connectivity index (χ0n) is 10.6. The Morgan fingerprint density at radius 1 is 1.11 bits per heavy atom. The van der Waals surface area contributed by atoms with Gasteiger partial charge < -0.3 is 5.11 Å². The second kappa shape index (κ2) is 6.31. The molecule has 1 fully saturated rings. The summed E-state index contributed by atoms with van der Waals surface area (Å²) in [6.45, 7) is 0.162. The average Bonchev–Trinajstić information content (AvgIpc) is 2.50. The number of aliphatic hydroxyl groups is 1.